The molecule has 8 heteroatoms. The highest BCUT2D eigenvalue weighted by Crippen LogP contribution is 2.19. The summed E-state index contributed by atoms with van der Waals surface area (Å²) in [5.41, 5.74) is 2.02. The molecule has 0 fully saturated rings. The molecule has 0 bridgehead atoms. The fraction of sp³-hybridized carbons (Fsp3) is 0.211. The lowest BCUT2D eigenvalue weighted by atomic mass is 10.2. The van der Waals surface area contributed by atoms with Crippen molar-refractivity contribution in [2.75, 3.05) is 11.1 Å². The van der Waals surface area contributed by atoms with Crippen LogP contribution in [0.5, 0.6) is 5.75 Å². The number of thioether (sulfide) groups is 1. The minimum atomic E-state index is -0.365. The topological polar surface area (TPSA) is 77.2 Å². The number of rotatable bonds is 7. The predicted octanol–water partition coefficient (Wildman–Crippen LogP) is 4.14. The number of ether oxygens (including phenoxy) is 1. The molecule has 0 unspecified atom stereocenters. The fourth-order valence-electron chi connectivity index (χ4n) is 2.20. The van der Waals surface area contributed by atoms with Crippen LogP contribution in [0.25, 0.3) is 0 Å². The third-order valence-electron chi connectivity index (χ3n) is 3.58. The molecule has 140 valence electrons. The summed E-state index contributed by atoms with van der Waals surface area (Å²) in [6.45, 7) is 3.78. The summed E-state index contributed by atoms with van der Waals surface area (Å²) in [6, 6.07) is 12.2. The van der Waals surface area contributed by atoms with E-state index in [-0.39, 0.29) is 29.3 Å². The van der Waals surface area contributed by atoms with Crippen molar-refractivity contribution in [3.8, 4) is 5.75 Å². The van der Waals surface area contributed by atoms with E-state index in [0.29, 0.717) is 22.9 Å². The molecule has 0 radical (unpaired) electrons. The number of amides is 1. The molecule has 0 spiro atoms. The van der Waals surface area contributed by atoms with Crippen LogP contribution in [0.15, 0.2) is 52.1 Å². The number of carbonyl (C=O) groups is 1. The monoisotopic (exact) mass is 387 g/mol. The van der Waals surface area contributed by atoms with Gasteiger partial charge in [-0.25, -0.2) is 4.39 Å². The molecular weight excluding hydrogens is 369 g/mol. The van der Waals surface area contributed by atoms with E-state index in [2.05, 4.69) is 15.5 Å². The Hall–Kier alpha value is -2.87. The molecule has 27 heavy (non-hydrogen) atoms. The van der Waals surface area contributed by atoms with Gasteiger partial charge in [0.15, 0.2) is 6.61 Å². The quantitative estimate of drug-likeness (QED) is 0.614. The molecule has 0 aliphatic carbocycles. The summed E-state index contributed by atoms with van der Waals surface area (Å²) < 4.78 is 24.5. The van der Waals surface area contributed by atoms with Gasteiger partial charge in [0.2, 0.25) is 5.91 Å². The van der Waals surface area contributed by atoms with Crippen LogP contribution >= 0.6 is 11.8 Å². The Morgan fingerprint density at radius 2 is 2.07 bits per heavy atom. The van der Waals surface area contributed by atoms with E-state index < -0.39 is 0 Å². The number of hydrogen-bond donors (Lipinski definition) is 1. The van der Waals surface area contributed by atoms with Gasteiger partial charge in [0.1, 0.15) is 11.6 Å². The van der Waals surface area contributed by atoms with Gasteiger partial charge >= 0.3 is 0 Å². The van der Waals surface area contributed by atoms with E-state index in [1.807, 2.05) is 31.2 Å². The molecule has 0 aliphatic rings. The Kier molecular flexibility index (Phi) is 6.08. The molecule has 1 amide bonds. The Morgan fingerprint density at radius 3 is 2.85 bits per heavy atom. The SMILES string of the molecule is Cc1cccc(OCc2nnc(SCC(=O)Nc3ccc(C)c(F)c3)o2)c1. The Morgan fingerprint density at radius 1 is 1.22 bits per heavy atom. The van der Waals surface area contributed by atoms with Crippen molar-refractivity contribution in [3.05, 3.63) is 65.3 Å². The second-order valence-corrected chi connectivity index (χ2v) is 6.79. The maximum atomic E-state index is 13.5. The number of carbonyl (C=O) groups excluding carboxylic acids is 1. The Balaban J connectivity index is 1.47. The highest BCUT2D eigenvalue weighted by Gasteiger charge is 2.11. The first-order valence-corrected chi connectivity index (χ1v) is 9.19. The second kappa shape index (κ2) is 8.68. The van der Waals surface area contributed by atoms with E-state index in [9.17, 15) is 9.18 Å². The third kappa shape index (κ3) is 5.55. The molecule has 3 aromatic rings. The second-order valence-electron chi connectivity index (χ2n) is 5.87. The number of halogens is 1. The summed E-state index contributed by atoms with van der Waals surface area (Å²) in [5.74, 6) is 0.442. The first-order chi connectivity index (χ1) is 13.0. The van der Waals surface area contributed by atoms with Crippen LogP contribution in [0.3, 0.4) is 0 Å². The van der Waals surface area contributed by atoms with Crippen molar-refractivity contribution in [1.82, 2.24) is 10.2 Å². The average molecular weight is 387 g/mol. The van der Waals surface area contributed by atoms with Gasteiger partial charge in [-0.2, -0.15) is 0 Å². The van der Waals surface area contributed by atoms with Gasteiger partial charge in [-0.15, -0.1) is 10.2 Å². The first-order valence-electron chi connectivity index (χ1n) is 8.20. The molecule has 1 heterocycles. The highest BCUT2D eigenvalue weighted by molar-refractivity contribution is 7.99. The Bertz CT molecular complexity index is 945. The third-order valence-corrected chi connectivity index (χ3v) is 4.40. The van der Waals surface area contributed by atoms with Gasteiger partial charge in [0.05, 0.1) is 5.75 Å². The number of nitrogens with one attached hydrogen (secondary N) is 1. The first kappa shape index (κ1) is 18.9. The van der Waals surface area contributed by atoms with Crippen molar-refractivity contribution in [1.29, 1.82) is 0 Å². The van der Waals surface area contributed by atoms with Crippen LogP contribution in [0.2, 0.25) is 0 Å². The van der Waals surface area contributed by atoms with Gasteiger partial charge in [-0.05, 0) is 49.2 Å². The van der Waals surface area contributed by atoms with Crippen molar-refractivity contribution in [2.45, 2.75) is 25.7 Å². The molecule has 6 nitrogen and oxygen atoms in total. The highest BCUT2D eigenvalue weighted by atomic mass is 32.2. The number of benzene rings is 2. The van der Waals surface area contributed by atoms with Crippen LogP contribution in [0, 0.1) is 19.7 Å². The minimum Gasteiger partial charge on any atom is -0.484 e. The molecule has 1 N–H and O–H groups in total. The largest absolute Gasteiger partial charge is 0.484 e. The van der Waals surface area contributed by atoms with Crippen LogP contribution in [-0.2, 0) is 11.4 Å². The number of hydrogen-bond acceptors (Lipinski definition) is 6. The maximum absolute atomic E-state index is 13.5. The molecule has 0 aliphatic heterocycles. The van der Waals surface area contributed by atoms with Gasteiger partial charge in [0, 0.05) is 5.69 Å². The molecule has 2 aromatic carbocycles. The van der Waals surface area contributed by atoms with Crippen LogP contribution in [0.1, 0.15) is 17.0 Å². The normalized spacial score (nSPS) is 10.6. The summed E-state index contributed by atoms with van der Waals surface area (Å²) >= 11 is 1.10. The van der Waals surface area contributed by atoms with E-state index in [1.54, 1.807) is 19.1 Å². The smallest absolute Gasteiger partial charge is 0.277 e. The van der Waals surface area contributed by atoms with Crippen molar-refractivity contribution >= 4 is 23.4 Å². The van der Waals surface area contributed by atoms with E-state index in [4.69, 9.17) is 9.15 Å². The Labute approximate surface area is 160 Å². The summed E-state index contributed by atoms with van der Waals surface area (Å²) in [4.78, 5) is 12.0. The molecule has 0 atom stereocenters. The minimum absolute atomic E-state index is 0.0653. The van der Waals surface area contributed by atoms with Gasteiger partial charge in [-0.1, -0.05) is 30.0 Å². The van der Waals surface area contributed by atoms with Gasteiger partial charge in [-0.3, -0.25) is 4.79 Å². The van der Waals surface area contributed by atoms with E-state index in [0.717, 1.165) is 17.3 Å². The summed E-state index contributed by atoms with van der Waals surface area (Å²) in [6.07, 6.45) is 0. The lowest BCUT2D eigenvalue weighted by Gasteiger charge is -2.05. The molecule has 3 rings (SSSR count). The number of aryl methyl sites for hydroxylation is 2. The predicted molar refractivity (Wildman–Crippen MR) is 100 cm³/mol. The summed E-state index contributed by atoms with van der Waals surface area (Å²) in [7, 11) is 0. The lowest BCUT2D eigenvalue weighted by molar-refractivity contribution is -0.113. The number of aromatic nitrogens is 2. The number of nitrogens with zero attached hydrogens (tertiary/aromatic N) is 2. The maximum Gasteiger partial charge on any atom is 0.277 e. The molecule has 0 saturated carbocycles. The zero-order valence-electron chi connectivity index (χ0n) is 14.9. The van der Waals surface area contributed by atoms with Crippen LogP contribution in [-0.4, -0.2) is 21.9 Å². The van der Waals surface area contributed by atoms with Crippen molar-refractivity contribution in [2.24, 2.45) is 0 Å². The van der Waals surface area contributed by atoms with Gasteiger partial charge < -0.3 is 14.5 Å². The van der Waals surface area contributed by atoms with E-state index in [1.165, 1.54) is 6.07 Å². The van der Waals surface area contributed by atoms with Crippen molar-refractivity contribution < 1.29 is 18.3 Å². The fourth-order valence-corrected chi connectivity index (χ4v) is 2.78. The number of anilines is 1. The van der Waals surface area contributed by atoms with E-state index >= 15 is 0 Å². The van der Waals surface area contributed by atoms with Gasteiger partial charge in [0.25, 0.3) is 11.1 Å². The van der Waals surface area contributed by atoms with Crippen molar-refractivity contribution in [3.63, 3.8) is 0 Å². The standard InChI is InChI=1S/C19H18FN3O3S/c1-12-4-3-5-15(8-12)25-10-18-22-23-19(26-18)27-11-17(24)21-14-7-6-13(2)16(20)9-14/h3-9H,10-11H2,1-2H3,(H,21,24). The lowest BCUT2D eigenvalue weighted by Crippen LogP contribution is -2.14. The van der Waals surface area contributed by atoms with Crippen LogP contribution < -0.4 is 10.1 Å². The zero-order chi connectivity index (χ0) is 19.2. The van der Waals surface area contributed by atoms with Crippen LogP contribution in [0.4, 0.5) is 10.1 Å². The zero-order valence-corrected chi connectivity index (χ0v) is 15.7. The average Bonchev–Trinajstić information content (AvgIpc) is 3.09. The molecular formula is C19H18FN3O3S. The molecule has 1 aromatic heterocycles. The summed E-state index contributed by atoms with van der Waals surface area (Å²) in [5, 5.41) is 10.7. The molecule has 0 saturated heterocycles.